The van der Waals surface area contributed by atoms with Gasteiger partial charge in [-0.2, -0.15) is 0 Å². The second-order valence-electron chi connectivity index (χ2n) is 6.86. The van der Waals surface area contributed by atoms with Crippen molar-refractivity contribution in [1.82, 2.24) is 5.32 Å². The second kappa shape index (κ2) is 6.83. The molecule has 116 valence electrons. The molecule has 1 heterocycles. The highest BCUT2D eigenvalue weighted by atomic mass is 15.2. The second-order valence-corrected chi connectivity index (χ2v) is 6.86. The van der Waals surface area contributed by atoms with Crippen molar-refractivity contribution >= 4 is 5.69 Å². The average molecular weight is 286 g/mol. The maximum absolute atomic E-state index is 3.64. The van der Waals surface area contributed by atoms with Crippen molar-refractivity contribution in [1.29, 1.82) is 0 Å². The van der Waals surface area contributed by atoms with Crippen LogP contribution in [0.15, 0.2) is 24.3 Å². The van der Waals surface area contributed by atoms with Crippen LogP contribution in [0, 0.1) is 11.8 Å². The molecule has 3 rings (SSSR count). The quantitative estimate of drug-likeness (QED) is 0.835. The van der Waals surface area contributed by atoms with E-state index in [1.807, 2.05) is 0 Å². The zero-order chi connectivity index (χ0) is 14.7. The van der Waals surface area contributed by atoms with Gasteiger partial charge in [0.1, 0.15) is 0 Å². The third-order valence-electron chi connectivity index (χ3n) is 5.44. The molecule has 0 bridgehead atoms. The van der Waals surface area contributed by atoms with Crippen molar-refractivity contribution in [3.8, 4) is 0 Å². The number of fused-ring (bicyclic) bond motifs is 1. The monoisotopic (exact) mass is 286 g/mol. The Kier molecular flexibility index (Phi) is 4.84. The minimum Gasteiger partial charge on any atom is -0.371 e. The van der Waals surface area contributed by atoms with Crippen LogP contribution in [-0.2, 0) is 0 Å². The van der Waals surface area contributed by atoms with E-state index in [2.05, 4.69) is 48.3 Å². The lowest BCUT2D eigenvalue weighted by molar-refractivity contribution is 0.494. The molecular formula is C19H30N2. The Labute approximate surface area is 129 Å². The highest BCUT2D eigenvalue weighted by Gasteiger charge is 2.35. The van der Waals surface area contributed by atoms with Gasteiger partial charge in [-0.25, -0.2) is 0 Å². The summed E-state index contributed by atoms with van der Waals surface area (Å²) in [5, 5.41) is 3.64. The topological polar surface area (TPSA) is 15.3 Å². The summed E-state index contributed by atoms with van der Waals surface area (Å²) >= 11 is 0. The predicted molar refractivity (Wildman–Crippen MR) is 90.8 cm³/mol. The summed E-state index contributed by atoms with van der Waals surface area (Å²) in [5.74, 6) is 1.94. The van der Waals surface area contributed by atoms with E-state index in [1.165, 1.54) is 50.0 Å². The molecule has 2 fully saturated rings. The first-order valence-corrected chi connectivity index (χ1v) is 8.90. The molecule has 1 aromatic carbocycles. The molecule has 3 atom stereocenters. The van der Waals surface area contributed by atoms with Crippen LogP contribution < -0.4 is 10.2 Å². The summed E-state index contributed by atoms with van der Waals surface area (Å²) in [6.07, 6.45) is 6.73. The van der Waals surface area contributed by atoms with Gasteiger partial charge < -0.3 is 10.2 Å². The van der Waals surface area contributed by atoms with Crippen LogP contribution in [0.2, 0.25) is 0 Å². The summed E-state index contributed by atoms with van der Waals surface area (Å²) in [7, 11) is 0. The van der Waals surface area contributed by atoms with Gasteiger partial charge in [0.05, 0.1) is 0 Å². The fourth-order valence-corrected chi connectivity index (χ4v) is 4.18. The molecule has 1 aliphatic heterocycles. The van der Waals surface area contributed by atoms with Gasteiger partial charge in [0.2, 0.25) is 0 Å². The first-order chi connectivity index (χ1) is 10.3. The number of rotatable bonds is 6. The molecule has 2 heteroatoms. The molecule has 1 saturated carbocycles. The zero-order valence-electron chi connectivity index (χ0n) is 13.6. The molecule has 2 nitrogen and oxygen atoms in total. The zero-order valence-corrected chi connectivity index (χ0v) is 13.6. The molecule has 1 N–H and O–H groups in total. The number of hydrogen-bond donors (Lipinski definition) is 1. The van der Waals surface area contributed by atoms with Crippen LogP contribution in [0.1, 0.15) is 57.6 Å². The molecule has 0 radical (unpaired) electrons. The lowest BCUT2D eigenvalue weighted by atomic mass is 10.0. The van der Waals surface area contributed by atoms with E-state index in [0.717, 1.165) is 24.8 Å². The Balaban J connectivity index is 1.63. The molecule has 0 amide bonds. The summed E-state index contributed by atoms with van der Waals surface area (Å²) in [4.78, 5) is 2.61. The Morgan fingerprint density at radius 1 is 1.10 bits per heavy atom. The van der Waals surface area contributed by atoms with Gasteiger partial charge in [-0.05, 0) is 61.8 Å². The fraction of sp³-hybridized carbons (Fsp3) is 0.684. The highest BCUT2D eigenvalue weighted by Crippen LogP contribution is 2.39. The standard InChI is InChI=1S/C19H30N2/c1-3-12-20-19(4-2)15-8-10-18(11-9-15)21-13-16-6-5-7-17(16)14-21/h8-11,16-17,19-20H,3-7,12-14H2,1-2H3. The van der Waals surface area contributed by atoms with E-state index in [-0.39, 0.29) is 0 Å². The first-order valence-electron chi connectivity index (χ1n) is 8.90. The molecule has 21 heavy (non-hydrogen) atoms. The maximum atomic E-state index is 3.64. The minimum absolute atomic E-state index is 0.511. The van der Waals surface area contributed by atoms with Gasteiger partial charge in [0, 0.05) is 24.8 Å². The lowest BCUT2D eigenvalue weighted by Gasteiger charge is -2.22. The van der Waals surface area contributed by atoms with Crippen LogP contribution in [0.5, 0.6) is 0 Å². The van der Waals surface area contributed by atoms with Gasteiger partial charge in [-0.1, -0.05) is 32.4 Å². The smallest absolute Gasteiger partial charge is 0.0366 e. The lowest BCUT2D eigenvalue weighted by Crippen LogP contribution is -2.22. The minimum atomic E-state index is 0.511. The molecule has 1 aromatic rings. The van der Waals surface area contributed by atoms with Crippen LogP contribution in [-0.4, -0.2) is 19.6 Å². The summed E-state index contributed by atoms with van der Waals surface area (Å²) < 4.78 is 0. The molecular weight excluding hydrogens is 256 g/mol. The molecule has 1 aliphatic carbocycles. The van der Waals surface area contributed by atoms with Gasteiger partial charge in [-0.15, -0.1) is 0 Å². The Hall–Kier alpha value is -1.02. The Morgan fingerprint density at radius 3 is 2.33 bits per heavy atom. The molecule has 0 aromatic heterocycles. The molecule has 3 unspecified atom stereocenters. The fourth-order valence-electron chi connectivity index (χ4n) is 4.18. The number of nitrogens with zero attached hydrogens (tertiary/aromatic N) is 1. The van der Waals surface area contributed by atoms with Gasteiger partial charge in [-0.3, -0.25) is 0 Å². The largest absolute Gasteiger partial charge is 0.371 e. The van der Waals surface area contributed by atoms with Crippen molar-refractivity contribution < 1.29 is 0 Å². The summed E-state index contributed by atoms with van der Waals surface area (Å²) in [6, 6.07) is 9.86. The van der Waals surface area contributed by atoms with Gasteiger partial charge >= 0.3 is 0 Å². The van der Waals surface area contributed by atoms with E-state index in [9.17, 15) is 0 Å². The number of hydrogen-bond acceptors (Lipinski definition) is 2. The van der Waals surface area contributed by atoms with Crippen LogP contribution in [0.3, 0.4) is 0 Å². The first kappa shape index (κ1) is 14.9. The van der Waals surface area contributed by atoms with Crippen LogP contribution >= 0.6 is 0 Å². The Bertz CT molecular complexity index is 427. The average Bonchev–Trinajstić information content (AvgIpc) is 3.10. The molecule has 1 saturated heterocycles. The highest BCUT2D eigenvalue weighted by molar-refractivity contribution is 5.49. The van der Waals surface area contributed by atoms with E-state index >= 15 is 0 Å². The number of benzene rings is 1. The molecule has 0 spiro atoms. The number of nitrogens with one attached hydrogen (secondary N) is 1. The predicted octanol–water partition coefficient (Wildman–Crippen LogP) is 4.37. The van der Waals surface area contributed by atoms with E-state index < -0.39 is 0 Å². The van der Waals surface area contributed by atoms with Crippen molar-refractivity contribution in [3.05, 3.63) is 29.8 Å². The van der Waals surface area contributed by atoms with Crippen molar-refractivity contribution in [2.75, 3.05) is 24.5 Å². The van der Waals surface area contributed by atoms with E-state index in [0.29, 0.717) is 6.04 Å². The number of anilines is 1. The van der Waals surface area contributed by atoms with Crippen LogP contribution in [0.4, 0.5) is 5.69 Å². The van der Waals surface area contributed by atoms with E-state index in [4.69, 9.17) is 0 Å². The normalized spacial score (nSPS) is 26.1. The van der Waals surface area contributed by atoms with Gasteiger partial charge in [0.25, 0.3) is 0 Å². The summed E-state index contributed by atoms with van der Waals surface area (Å²) in [5.41, 5.74) is 2.87. The molecule has 2 aliphatic rings. The van der Waals surface area contributed by atoms with E-state index in [1.54, 1.807) is 0 Å². The van der Waals surface area contributed by atoms with Crippen molar-refractivity contribution in [2.24, 2.45) is 11.8 Å². The van der Waals surface area contributed by atoms with Crippen molar-refractivity contribution in [2.45, 2.75) is 52.0 Å². The van der Waals surface area contributed by atoms with Crippen LogP contribution in [0.25, 0.3) is 0 Å². The third kappa shape index (κ3) is 3.26. The Morgan fingerprint density at radius 2 is 1.76 bits per heavy atom. The van der Waals surface area contributed by atoms with Gasteiger partial charge in [0.15, 0.2) is 0 Å². The SMILES string of the molecule is CCCNC(CC)c1ccc(N2CC3CCCC3C2)cc1. The third-order valence-corrected chi connectivity index (χ3v) is 5.44. The summed E-state index contributed by atoms with van der Waals surface area (Å²) in [6.45, 7) is 8.18. The van der Waals surface area contributed by atoms with Crippen molar-refractivity contribution in [3.63, 3.8) is 0 Å². The maximum Gasteiger partial charge on any atom is 0.0366 e.